The molecule has 2 aromatic rings. The topological polar surface area (TPSA) is 35.0 Å². The van der Waals surface area contributed by atoms with Crippen molar-refractivity contribution in [2.75, 3.05) is 7.11 Å². The molecule has 0 saturated carbocycles. The van der Waals surface area contributed by atoms with Gasteiger partial charge in [0, 0.05) is 0 Å². The van der Waals surface area contributed by atoms with Crippen LogP contribution in [-0.2, 0) is 0 Å². The molecule has 1 aromatic heterocycles. The SMILES string of the molecule is COc1cnc(-c2ccccc2)n[c]1[Sn]([CH3])([CH3])[CH3]. The first-order valence-electron chi connectivity index (χ1n) is 5.99. The molecule has 4 heteroatoms. The van der Waals surface area contributed by atoms with Crippen LogP contribution < -0.4 is 8.45 Å². The van der Waals surface area contributed by atoms with Crippen molar-refractivity contribution in [3.63, 3.8) is 0 Å². The molecule has 0 bridgehead atoms. The molecule has 0 N–H and O–H groups in total. The van der Waals surface area contributed by atoms with Gasteiger partial charge in [-0.1, -0.05) is 0 Å². The van der Waals surface area contributed by atoms with Crippen LogP contribution in [0.3, 0.4) is 0 Å². The summed E-state index contributed by atoms with van der Waals surface area (Å²) in [5.74, 6) is 1.62. The average molecular weight is 349 g/mol. The van der Waals surface area contributed by atoms with Crippen molar-refractivity contribution in [2.24, 2.45) is 0 Å². The van der Waals surface area contributed by atoms with Gasteiger partial charge in [-0.3, -0.25) is 0 Å². The zero-order valence-electron chi connectivity index (χ0n) is 11.3. The number of aromatic nitrogens is 2. The molecule has 0 radical (unpaired) electrons. The van der Waals surface area contributed by atoms with E-state index in [1.807, 2.05) is 30.3 Å². The van der Waals surface area contributed by atoms with Crippen molar-refractivity contribution in [3.8, 4) is 17.1 Å². The van der Waals surface area contributed by atoms with E-state index in [0.29, 0.717) is 0 Å². The van der Waals surface area contributed by atoms with Crippen LogP contribution in [0.25, 0.3) is 11.4 Å². The molecule has 2 rings (SSSR count). The summed E-state index contributed by atoms with van der Waals surface area (Å²) in [6.07, 6.45) is 1.80. The molecule has 18 heavy (non-hydrogen) atoms. The molecule has 0 amide bonds. The van der Waals surface area contributed by atoms with Gasteiger partial charge in [-0.05, 0) is 0 Å². The van der Waals surface area contributed by atoms with Gasteiger partial charge >= 0.3 is 112 Å². The fourth-order valence-electron chi connectivity index (χ4n) is 1.78. The van der Waals surface area contributed by atoms with E-state index >= 15 is 0 Å². The minimum absolute atomic E-state index is 0.790. The third-order valence-electron chi connectivity index (χ3n) is 2.72. The number of benzene rings is 1. The molecular formula is C14H18N2OSn. The van der Waals surface area contributed by atoms with Crippen LogP contribution >= 0.6 is 0 Å². The Balaban J connectivity index is 2.53. The molecule has 0 atom stereocenters. The molecule has 3 nitrogen and oxygen atoms in total. The van der Waals surface area contributed by atoms with E-state index in [0.717, 1.165) is 20.8 Å². The predicted octanol–water partition coefficient (Wildman–Crippen LogP) is 2.70. The molecule has 94 valence electrons. The number of nitrogens with zero attached hydrogens (tertiary/aromatic N) is 2. The van der Waals surface area contributed by atoms with Gasteiger partial charge in [0.05, 0.1) is 0 Å². The Morgan fingerprint density at radius 3 is 2.28 bits per heavy atom. The Bertz CT molecular complexity index is 535. The third kappa shape index (κ3) is 2.83. The van der Waals surface area contributed by atoms with Crippen LogP contribution in [0.15, 0.2) is 36.5 Å². The zero-order valence-corrected chi connectivity index (χ0v) is 14.1. The van der Waals surface area contributed by atoms with E-state index in [2.05, 4.69) is 19.8 Å². The minimum atomic E-state index is -2.29. The van der Waals surface area contributed by atoms with E-state index < -0.39 is 18.4 Å². The molecule has 0 aliphatic heterocycles. The number of rotatable bonds is 3. The summed E-state index contributed by atoms with van der Waals surface area (Å²) in [6, 6.07) is 10.1. The second-order valence-corrected chi connectivity index (χ2v) is 19.4. The second kappa shape index (κ2) is 5.26. The van der Waals surface area contributed by atoms with Crippen LogP contribution in [0.2, 0.25) is 14.8 Å². The molecule has 0 aliphatic carbocycles. The molecule has 1 heterocycles. The van der Waals surface area contributed by atoms with E-state index in [9.17, 15) is 0 Å². The van der Waals surface area contributed by atoms with Gasteiger partial charge in [0.2, 0.25) is 0 Å². The molecule has 0 fully saturated rings. The standard InChI is InChI=1S/C11H9N2O.3CH3.Sn/c1-14-10-7-12-11(13-8-10)9-5-3-2-4-6-9;;;;/h2-7H,1H3;3*1H3;. The summed E-state index contributed by atoms with van der Waals surface area (Å²) >= 11 is -2.29. The normalized spacial score (nSPS) is 11.3. The van der Waals surface area contributed by atoms with E-state index in [1.54, 1.807) is 13.3 Å². The molecular weight excluding hydrogens is 331 g/mol. The average Bonchev–Trinajstić information content (AvgIpc) is 2.38. The summed E-state index contributed by atoms with van der Waals surface area (Å²) in [5, 5.41) is 0. The zero-order chi connectivity index (χ0) is 13.2. The molecule has 0 spiro atoms. The van der Waals surface area contributed by atoms with Crippen molar-refractivity contribution in [1.29, 1.82) is 0 Å². The fraction of sp³-hybridized carbons (Fsp3) is 0.286. The van der Waals surface area contributed by atoms with Crippen molar-refractivity contribution >= 4 is 22.1 Å². The fourth-order valence-corrected chi connectivity index (χ4v) is 5.63. The van der Waals surface area contributed by atoms with Crippen molar-refractivity contribution in [3.05, 3.63) is 36.5 Å². The van der Waals surface area contributed by atoms with Gasteiger partial charge in [-0.2, -0.15) is 0 Å². The molecule has 1 aromatic carbocycles. The second-order valence-electron chi connectivity index (χ2n) is 5.23. The van der Waals surface area contributed by atoms with Gasteiger partial charge in [0.15, 0.2) is 0 Å². The van der Waals surface area contributed by atoms with E-state index in [1.165, 1.54) is 0 Å². The van der Waals surface area contributed by atoms with Gasteiger partial charge in [-0.25, -0.2) is 0 Å². The van der Waals surface area contributed by atoms with Crippen molar-refractivity contribution in [2.45, 2.75) is 14.8 Å². The van der Waals surface area contributed by atoms with Crippen molar-refractivity contribution < 1.29 is 4.74 Å². The summed E-state index contributed by atoms with van der Waals surface area (Å²) in [4.78, 5) is 16.1. The number of hydrogen-bond donors (Lipinski definition) is 0. The number of methoxy groups -OCH3 is 1. The predicted molar refractivity (Wildman–Crippen MR) is 77.0 cm³/mol. The first kappa shape index (κ1) is 13.3. The molecule has 0 unspecified atom stereocenters. The summed E-state index contributed by atoms with van der Waals surface area (Å²) in [5.41, 5.74) is 1.05. The van der Waals surface area contributed by atoms with Gasteiger partial charge in [0.25, 0.3) is 0 Å². The van der Waals surface area contributed by atoms with Crippen LogP contribution in [0.4, 0.5) is 0 Å². The van der Waals surface area contributed by atoms with Crippen LogP contribution in [0.5, 0.6) is 5.75 Å². The Hall–Kier alpha value is -1.10. The molecule has 0 aliphatic rings. The number of ether oxygens (including phenoxy) is 1. The quantitative estimate of drug-likeness (QED) is 0.800. The maximum atomic E-state index is 5.39. The number of hydrogen-bond acceptors (Lipinski definition) is 3. The molecule has 0 saturated heterocycles. The maximum absolute atomic E-state index is 5.39. The Morgan fingerprint density at radius 1 is 1.06 bits per heavy atom. The Labute approximate surface area is 112 Å². The van der Waals surface area contributed by atoms with Crippen LogP contribution in [0, 0.1) is 0 Å². The Kier molecular flexibility index (Phi) is 3.90. The monoisotopic (exact) mass is 350 g/mol. The van der Waals surface area contributed by atoms with Gasteiger partial charge in [-0.15, -0.1) is 0 Å². The van der Waals surface area contributed by atoms with Crippen LogP contribution in [-0.4, -0.2) is 35.5 Å². The van der Waals surface area contributed by atoms with Gasteiger partial charge in [0.1, 0.15) is 0 Å². The van der Waals surface area contributed by atoms with E-state index in [4.69, 9.17) is 9.72 Å². The summed E-state index contributed by atoms with van der Waals surface area (Å²) in [7, 11) is 1.68. The first-order valence-corrected chi connectivity index (χ1v) is 16.0. The van der Waals surface area contributed by atoms with Crippen molar-refractivity contribution in [1.82, 2.24) is 9.97 Å². The van der Waals surface area contributed by atoms with E-state index in [-0.39, 0.29) is 0 Å². The Morgan fingerprint density at radius 2 is 1.72 bits per heavy atom. The third-order valence-corrected chi connectivity index (χ3v) is 7.80. The first-order chi connectivity index (χ1) is 8.52. The van der Waals surface area contributed by atoms with Gasteiger partial charge < -0.3 is 0 Å². The summed E-state index contributed by atoms with van der Waals surface area (Å²) in [6.45, 7) is 0. The summed E-state index contributed by atoms with van der Waals surface area (Å²) < 4.78 is 6.53. The van der Waals surface area contributed by atoms with Crippen LogP contribution in [0.1, 0.15) is 0 Å².